The average Bonchev–Trinajstić information content (AvgIpc) is 2.60. The van der Waals surface area contributed by atoms with Gasteiger partial charge in [0.05, 0.1) is 13.2 Å². The normalized spacial score (nSPS) is 14.7. The van der Waals surface area contributed by atoms with Gasteiger partial charge in [-0.3, -0.25) is 10.1 Å². The van der Waals surface area contributed by atoms with Gasteiger partial charge in [-0.15, -0.1) is 0 Å². The fraction of sp³-hybridized carbons (Fsp3) is 0.222. The lowest BCUT2D eigenvalue weighted by molar-refractivity contribution is -0.115. The number of thiocarbonyl (C=S) groups is 1. The van der Waals surface area contributed by atoms with E-state index in [9.17, 15) is 4.79 Å². The second-order valence-electron chi connectivity index (χ2n) is 5.12. The molecular weight excluding hydrogens is 322 g/mol. The van der Waals surface area contributed by atoms with Crippen molar-refractivity contribution in [3.63, 3.8) is 0 Å². The number of amides is 1. The van der Waals surface area contributed by atoms with Gasteiger partial charge < -0.3 is 15.0 Å². The molecule has 0 spiro atoms. The summed E-state index contributed by atoms with van der Waals surface area (Å²) >= 11 is 5.16. The maximum atomic E-state index is 12.0. The molecular formula is C18H25N3O2S. The summed E-state index contributed by atoms with van der Waals surface area (Å²) in [6.07, 6.45) is 4.55. The summed E-state index contributed by atoms with van der Waals surface area (Å²) in [6, 6.07) is 7.89. The quantitative estimate of drug-likeness (QED) is 0.487. The molecule has 0 unspecified atom stereocenters. The van der Waals surface area contributed by atoms with Crippen LogP contribution in [0.25, 0.3) is 0 Å². The number of anilines is 2. The van der Waals surface area contributed by atoms with E-state index in [0.29, 0.717) is 5.57 Å². The van der Waals surface area contributed by atoms with Crippen LogP contribution < -0.4 is 15.5 Å². The Kier molecular flexibility index (Phi) is 6.72. The number of hydrogen-bond acceptors (Lipinski definition) is 4. The number of allylic oxidation sites excluding steroid dienone is 2. The lowest BCUT2D eigenvalue weighted by Gasteiger charge is -2.28. The molecule has 1 aliphatic heterocycles. The van der Waals surface area contributed by atoms with Crippen molar-refractivity contribution in [2.75, 3.05) is 36.5 Å². The molecule has 0 saturated carbocycles. The molecule has 0 aromatic heterocycles. The van der Waals surface area contributed by atoms with Crippen molar-refractivity contribution < 1.29 is 12.4 Å². The van der Waals surface area contributed by atoms with Crippen molar-refractivity contribution in [2.24, 2.45) is 0 Å². The summed E-state index contributed by atoms with van der Waals surface area (Å²) in [5.41, 5.74) is 2.35. The zero-order chi connectivity index (χ0) is 17.4. The fourth-order valence-electron chi connectivity index (χ4n) is 2.28. The number of benzene rings is 1. The van der Waals surface area contributed by atoms with E-state index in [4.69, 9.17) is 17.0 Å². The van der Waals surface area contributed by atoms with Crippen LogP contribution in [0.5, 0.6) is 0 Å². The van der Waals surface area contributed by atoms with Gasteiger partial charge >= 0.3 is 0 Å². The van der Waals surface area contributed by atoms with E-state index in [1.807, 2.05) is 24.3 Å². The highest BCUT2D eigenvalue weighted by Gasteiger charge is 2.11. The van der Waals surface area contributed by atoms with Crippen LogP contribution in [0.1, 0.15) is 2.85 Å². The first kappa shape index (κ1) is 17.9. The van der Waals surface area contributed by atoms with Gasteiger partial charge in [-0.25, -0.2) is 0 Å². The zero-order valence-corrected chi connectivity index (χ0v) is 14.3. The first-order chi connectivity index (χ1) is 11.6. The Hall–Kier alpha value is -2.44. The lowest BCUT2D eigenvalue weighted by Crippen LogP contribution is -2.36. The SMILES string of the molecule is C=C/C=C(\C=C)C(=O)NC(=S)Nc1ccc(N2CCOCC2)cc1.[HH].[HH]. The minimum absolute atomic E-state index is 0. The molecule has 2 rings (SSSR count). The van der Waals surface area contributed by atoms with Gasteiger partial charge in [-0.2, -0.15) is 0 Å². The van der Waals surface area contributed by atoms with E-state index in [-0.39, 0.29) is 13.9 Å². The maximum Gasteiger partial charge on any atom is 0.257 e. The van der Waals surface area contributed by atoms with E-state index in [1.165, 1.54) is 12.2 Å². The van der Waals surface area contributed by atoms with Crippen molar-refractivity contribution in [1.82, 2.24) is 5.32 Å². The second kappa shape index (κ2) is 9.00. The van der Waals surface area contributed by atoms with Gasteiger partial charge in [0.2, 0.25) is 0 Å². The van der Waals surface area contributed by atoms with E-state index >= 15 is 0 Å². The van der Waals surface area contributed by atoms with Crippen molar-refractivity contribution in [3.05, 3.63) is 61.2 Å². The summed E-state index contributed by atoms with van der Waals surface area (Å²) in [6.45, 7) is 10.4. The minimum atomic E-state index is -0.327. The van der Waals surface area contributed by atoms with E-state index in [1.54, 1.807) is 6.08 Å². The molecule has 0 radical (unpaired) electrons. The zero-order valence-electron chi connectivity index (χ0n) is 13.5. The van der Waals surface area contributed by atoms with Crippen LogP contribution >= 0.6 is 12.2 Å². The van der Waals surface area contributed by atoms with Crippen molar-refractivity contribution >= 4 is 34.6 Å². The Labute approximate surface area is 150 Å². The predicted octanol–water partition coefficient (Wildman–Crippen LogP) is 3.13. The molecule has 1 fully saturated rings. The average molecular weight is 347 g/mol. The number of hydrogen-bond donors (Lipinski definition) is 2. The van der Waals surface area contributed by atoms with Crippen LogP contribution in [0, 0.1) is 0 Å². The number of ether oxygens (including phenoxy) is 1. The number of nitrogens with zero attached hydrogens (tertiary/aromatic N) is 1. The third kappa shape index (κ3) is 5.04. The molecule has 1 amide bonds. The molecule has 2 N–H and O–H groups in total. The Morgan fingerprint density at radius 3 is 2.50 bits per heavy atom. The molecule has 1 aliphatic rings. The predicted molar refractivity (Wildman–Crippen MR) is 107 cm³/mol. The number of carbonyl (C=O) groups is 1. The first-order valence-electron chi connectivity index (χ1n) is 7.64. The third-order valence-electron chi connectivity index (χ3n) is 3.51. The molecule has 0 bridgehead atoms. The number of carbonyl (C=O) groups excluding carboxylic acids is 1. The minimum Gasteiger partial charge on any atom is -0.378 e. The molecule has 0 atom stereocenters. The van der Waals surface area contributed by atoms with Gasteiger partial charge in [0.15, 0.2) is 5.11 Å². The van der Waals surface area contributed by atoms with Crippen LogP contribution in [0.4, 0.5) is 11.4 Å². The van der Waals surface area contributed by atoms with Gasteiger partial charge in [0.1, 0.15) is 0 Å². The van der Waals surface area contributed by atoms with E-state index < -0.39 is 0 Å². The Balaban J connectivity index is 0.00000312. The van der Waals surface area contributed by atoms with Crippen LogP contribution in [0.2, 0.25) is 0 Å². The van der Waals surface area contributed by atoms with Crippen LogP contribution in [-0.2, 0) is 9.53 Å². The highest BCUT2D eigenvalue weighted by Crippen LogP contribution is 2.19. The van der Waals surface area contributed by atoms with Crippen LogP contribution in [0.15, 0.2) is 61.2 Å². The summed E-state index contributed by atoms with van der Waals surface area (Å²) in [5, 5.41) is 5.83. The largest absolute Gasteiger partial charge is 0.378 e. The molecule has 24 heavy (non-hydrogen) atoms. The smallest absolute Gasteiger partial charge is 0.257 e. The molecule has 1 aromatic carbocycles. The fourth-order valence-corrected chi connectivity index (χ4v) is 2.49. The molecule has 1 aromatic rings. The molecule has 1 saturated heterocycles. The van der Waals surface area contributed by atoms with Crippen molar-refractivity contribution in [2.45, 2.75) is 0 Å². The molecule has 6 heteroatoms. The van der Waals surface area contributed by atoms with Gasteiger partial charge in [-0.1, -0.05) is 31.4 Å². The third-order valence-corrected chi connectivity index (χ3v) is 3.71. The highest BCUT2D eigenvalue weighted by molar-refractivity contribution is 7.80. The molecule has 0 aliphatic carbocycles. The summed E-state index contributed by atoms with van der Waals surface area (Å²) in [5.74, 6) is -0.327. The first-order valence-corrected chi connectivity index (χ1v) is 8.05. The van der Waals surface area contributed by atoms with Crippen LogP contribution in [-0.4, -0.2) is 37.3 Å². The van der Waals surface area contributed by atoms with Gasteiger partial charge in [-0.05, 0) is 36.5 Å². The van der Waals surface area contributed by atoms with Crippen molar-refractivity contribution in [1.29, 1.82) is 0 Å². The second-order valence-corrected chi connectivity index (χ2v) is 5.52. The Bertz CT molecular complexity index is 657. The lowest BCUT2D eigenvalue weighted by atomic mass is 10.2. The molecule has 130 valence electrons. The number of rotatable bonds is 5. The number of nitrogens with one attached hydrogen (secondary N) is 2. The van der Waals surface area contributed by atoms with E-state index in [0.717, 1.165) is 37.7 Å². The number of morpholine rings is 1. The van der Waals surface area contributed by atoms with E-state index in [2.05, 4.69) is 28.7 Å². The topological polar surface area (TPSA) is 53.6 Å². The van der Waals surface area contributed by atoms with Crippen molar-refractivity contribution in [3.8, 4) is 0 Å². The summed E-state index contributed by atoms with van der Waals surface area (Å²) in [4.78, 5) is 14.2. The Morgan fingerprint density at radius 2 is 1.92 bits per heavy atom. The Morgan fingerprint density at radius 1 is 1.25 bits per heavy atom. The monoisotopic (exact) mass is 347 g/mol. The summed E-state index contributed by atoms with van der Waals surface area (Å²) in [7, 11) is 0. The maximum absolute atomic E-state index is 12.0. The molecule has 1 heterocycles. The van der Waals surface area contributed by atoms with Crippen LogP contribution in [0.3, 0.4) is 0 Å². The standard InChI is InChI=1S/C18H21N3O2S.2H2/c1-3-5-14(4-2)17(22)20-18(24)19-15-6-8-16(9-7-15)21-10-12-23-13-11-21;;/h3-9H,1-2,10-13H2,(H2,19,20,22,24);2*1H/b14-5+;;. The van der Waals surface area contributed by atoms with Gasteiger partial charge in [0.25, 0.3) is 5.91 Å². The summed E-state index contributed by atoms with van der Waals surface area (Å²) < 4.78 is 5.35. The molecule has 5 nitrogen and oxygen atoms in total. The van der Waals surface area contributed by atoms with Gasteiger partial charge in [0, 0.05) is 32.9 Å². The highest BCUT2D eigenvalue weighted by atomic mass is 32.1.